The van der Waals surface area contributed by atoms with E-state index in [1.165, 1.54) is 0 Å². The minimum atomic E-state index is -2.19. The fraction of sp³-hybridized carbons (Fsp3) is 0.370. The summed E-state index contributed by atoms with van der Waals surface area (Å²) in [4.78, 5) is 36.8. The van der Waals surface area contributed by atoms with Gasteiger partial charge in [0.25, 0.3) is 0 Å². The second kappa shape index (κ2) is 12.4. The molecule has 2 fully saturated rings. The van der Waals surface area contributed by atoms with Crippen molar-refractivity contribution in [3.05, 3.63) is 34.5 Å². The molecule has 0 aliphatic carbocycles. The molecule has 0 radical (unpaired) electrons. The van der Waals surface area contributed by atoms with Gasteiger partial charge in [-0.05, 0) is 12.1 Å². The Bertz CT molecular complexity index is 1750. The van der Waals surface area contributed by atoms with E-state index in [0.29, 0.717) is 0 Å². The lowest BCUT2D eigenvalue weighted by Gasteiger charge is -2.38. The number of aliphatic carboxylic acids is 2. The Hall–Kier alpha value is -4.93. The van der Waals surface area contributed by atoms with Crippen LogP contribution in [0.3, 0.4) is 0 Å². The molecule has 1 aromatic heterocycles. The molecule has 2 aliphatic heterocycles. The molecule has 2 saturated heterocycles. The van der Waals surface area contributed by atoms with Crippen molar-refractivity contribution in [2.45, 2.75) is 61.4 Å². The van der Waals surface area contributed by atoms with Crippen LogP contribution in [0, 0.1) is 0 Å². The van der Waals surface area contributed by atoms with E-state index in [2.05, 4.69) is 0 Å². The summed E-state index contributed by atoms with van der Waals surface area (Å²) in [6, 6.07) is 3.21. The molecule has 10 unspecified atom stereocenters. The zero-order valence-corrected chi connectivity index (χ0v) is 23.2. The van der Waals surface area contributed by atoms with Crippen LogP contribution in [-0.4, -0.2) is 135 Å². The van der Waals surface area contributed by atoms with Gasteiger partial charge in [-0.1, -0.05) is 0 Å². The number of aliphatic hydroxyl groups is 6. The van der Waals surface area contributed by atoms with Crippen molar-refractivity contribution in [1.29, 1.82) is 0 Å². The van der Waals surface area contributed by atoms with Gasteiger partial charge in [0.05, 0.1) is 0 Å². The molecule has 0 spiro atoms. The van der Waals surface area contributed by atoms with Gasteiger partial charge in [-0.3, -0.25) is 4.79 Å². The van der Waals surface area contributed by atoms with E-state index in [4.69, 9.17) is 23.4 Å². The van der Waals surface area contributed by atoms with Crippen molar-refractivity contribution in [2.75, 3.05) is 0 Å². The normalized spacial score (nSPS) is 30.9. The number of fused-ring (bicyclic) bond motifs is 1. The minimum Gasteiger partial charge on any atom is -0.507 e. The summed E-state index contributed by atoms with van der Waals surface area (Å²) in [6.45, 7) is 0. The molecule has 20 nitrogen and oxygen atoms in total. The molecule has 3 aromatic rings. The summed E-state index contributed by atoms with van der Waals surface area (Å²) in [5, 5.41) is 120. The minimum absolute atomic E-state index is 0.411. The molecule has 0 saturated carbocycles. The van der Waals surface area contributed by atoms with Crippen molar-refractivity contribution in [3.63, 3.8) is 0 Å². The quantitative estimate of drug-likeness (QED) is 0.110. The van der Waals surface area contributed by atoms with E-state index < -0.39 is 136 Å². The van der Waals surface area contributed by atoms with Crippen molar-refractivity contribution in [3.8, 4) is 45.8 Å². The van der Waals surface area contributed by atoms with E-state index in [0.717, 1.165) is 24.3 Å². The Morgan fingerprint density at radius 2 is 1.13 bits per heavy atom. The van der Waals surface area contributed by atoms with Crippen LogP contribution in [0.25, 0.3) is 22.3 Å². The number of benzene rings is 2. The third-order valence-electron chi connectivity index (χ3n) is 7.35. The standard InChI is InChI=1S/C27H26O20/c28-7-3-6(43-26-18(37)14(33)16(35)22(46-26)24(39)40)4-10-11(7)13(32)21(20(44-10)5-1-8(29)12(31)9(30)2-5)45-27-19(38)15(34)17(36)23(47-27)25(41)42/h1-4,14-19,22-23,26-31,33-38H,(H,39,40)(H,41,42). The fourth-order valence-electron chi connectivity index (χ4n) is 4.91. The van der Waals surface area contributed by atoms with Gasteiger partial charge in [-0.25, -0.2) is 9.59 Å². The SMILES string of the molecule is O=C(O)C1OC(Oc2cc(O)c3c(=O)c(OC4OC(C(=O)O)C(O)C(O)C4O)c(-c4cc(O)c(O)c(O)c4)oc3c2)C(O)C(O)C1O. The predicted octanol–water partition coefficient (Wildman–Crippen LogP) is -3.18. The summed E-state index contributed by atoms with van der Waals surface area (Å²) in [5.41, 5.74) is -2.26. The number of carbonyl (C=O) groups is 2. The van der Waals surface area contributed by atoms with Gasteiger partial charge < -0.3 is 84.6 Å². The van der Waals surface area contributed by atoms with Gasteiger partial charge in [0.15, 0.2) is 35.2 Å². The van der Waals surface area contributed by atoms with Crippen LogP contribution in [0.5, 0.6) is 34.5 Å². The monoisotopic (exact) mass is 670 g/mol. The Balaban J connectivity index is 1.63. The van der Waals surface area contributed by atoms with Crippen LogP contribution in [0.4, 0.5) is 0 Å². The third-order valence-corrected chi connectivity index (χ3v) is 7.35. The maximum absolute atomic E-state index is 13.8. The molecule has 3 heterocycles. The average molecular weight is 670 g/mol. The van der Waals surface area contributed by atoms with E-state index in [1.54, 1.807) is 0 Å². The summed E-state index contributed by atoms with van der Waals surface area (Å²) < 4.78 is 26.6. The molecule has 2 aromatic carbocycles. The lowest BCUT2D eigenvalue weighted by atomic mass is 9.99. The highest BCUT2D eigenvalue weighted by atomic mass is 16.7. The molecule has 254 valence electrons. The smallest absolute Gasteiger partial charge is 0.335 e. The van der Waals surface area contributed by atoms with Crippen LogP contribution in [0.2, 0.25) is 0 Å². The number of phenols is 4. The van der Waals surface area contributed by atoms with Crippen LogP contribution < -0.4 is 14.9 Å². The zero-order chi connectivity index (χ0) is 34.6. The number of carboxylic acid groups (broad SMARTS) is 2. The van der Waals surface area contributed by atoms with Gasteiger partial charge in [-0.15, -0.1) is 0 Å². The molecule has 2 aliphatic rings. The molecule has 10 atom stereocenters. The lowest BCUT2D eigenvalue weighted by molar-refractivity contribution is -0.271. The van der Waals surface area contributed by atoms with Gasteiger partial charge in [0, 0.05) is 17.7 Å². The Morgan fingerprint density at radius 1 is 0.638 bits per heavy atom. The van der Waals surface area contributed by atoms with Crippen LogP contribution in [-0.2, 0) is 19.1 Å². The van der Waals surface area contributed by atoms with Crippen LogP contribution >= 0.6 is 0 Å². The first-order valence-corrected chi connectivity index (χ1v) is 13.3. The fourth-order valence-corrected chi connectivity index (χ4v) is 4.91. The summed E-state index contributed by atoms with van der Waals surface area (Å²) in [6.07, 6.45) is -21.0. The topological polar surface area (TPSA) is 344 Å². The number of aromatic hydroxyl groups is 4. The van der Waals surface area contributed by atoms with E-state index in [-0.39, 0.29) is 0 Å². The van der Waals surface area contributed by atoms with Gasteiger partial charge in [0.2, 0.25) is 23.8 Å². The second-order valence-corrected chi connectivity index (χ2v) is 10.5. The first-order chi connectivity index (χ1) is 22.0. The van der Waals surface area contributed by atoms with Crippen molar-refractivity contribution < 1.29 is 94.2 Å². The highest BCUT2D eigenvalue weighted by molar-refractivity contribution is 5.88. The summed E-state index contributed by atoms with van der Waals surface area (Å²) >= 11 is 0. The number of phenolic OH excluding ortho intramolecular Hbond substituents is 4. The average Bonchev–Trinajstić information content (AvgIpc) is 3.00. The highest BCUT2D eigenvalue weighted by Gasteiger charge is 2.49. The van der Waals surface area contributed by atoms with Gasteiger partial charge in [0.1, 0.15) is 59.1 Å². The number of carboxylic acids is 2. The van der Waals surface area contributed by atoms with Crippen molar-refractivity contribution in [1.82, 2.24) is 0 Å². The number of aliphatic hydroxyl groups excluding tert-OH is 6. The Labute approximate surface area is 259 Å². The lowest BCUT2D eigenvalue weighted by Crippen LogP contribution is -2.61. The van der Waals surface area contributed by atoms with Crippen molar-refractivity contribution in [2.24, 2.45) is 0 Å². The molecule has 47 heavy (non-hydrogen) atoms. The molecule has 0 amide bonds. The molecule has 5 rings (SSSR count). The van der Waals surface area contributed by atoms with Crippen LogP contribution in [0.15, 0.2) is 33.5 Å². The largest absolute Gasteiger partial charge is 0.507 e. The zero-order valence-electron chi connectivity index (χ0n) is 23.2. The maximum atomic E-state index is 13.8. The molecular weight excluding hydrogens is 644 g/mol. The number of ether oxygens (including phenoxy) is 4. The first kappa shape index (κ1) is 33.4. The Morgan fingerprint density at radius 3 is 1.62 bits per heavy atom. The molecule has 12 N–H and O–H groups in total. The molecule has 0 bridgehead atoms. The summed E-state index contributed by atoms with van der Waals surface area (Å²) in [5.74, 6) is -9.48. The predicted molar refractivity (Wildman–Crippen MR) is 144 cm³/mol. The number of hydrogen-bond acceptors (Lipinski definition) is 18. The highest BCUT2D eigenvalue weighted by Crippen LogP contribution is 2.43. The number of hydrogen-bond donors (Lipinski definition) is 12. The van der Waals surface area contributed by atoms with Gasteiger partial charge >= 0.3 is 11.9 Å². The van der Waals surface area contributed by atoms with E-state index in [1.807, 2.05) is 0 Å². The van der Waals surface area contributed by atoms with E-state index >= 15 is 0 Å². The van der Waals surface area contributed by atoms with Crippen LogP contribution in [0.1, 0.15) is 0 Å². The van der Waals surface area contributed by atoms with E-state index in [9.17, 15) is 75.7 Å². The maximum Gasteiger partial charge on any atom is 0.335 e. The Kier molecular flexibility index (Phi) is 8.79. The summed E-state index contributed by atoms with van der Waals surface area (Å²) in [7, 11) is 0. The molecular formula is C27H26O20. The number of rotatable bonds is 7. The van der Waals surface area contributed by atoms with Crippen molar-refractivity contribution >= 4 is 22.9 Å². The third kappa shape index (κ3) is 5.90. The molecule has 20 heteroatoms. The second-order valence-electron chi connectivity index (χ2n) is 10.5. The van der Waals surface area contributed by atoms with Gasteiger partial charge in [-0.2, -0.15) is 0 Å². The first-order valence-electron chi connectivity index (χ1n) is 13.3.